The minimum atomic E-state index is -1.05. The quantitative estimate of drug-likeness (QED) is 0.305. The molecule has 46 heavy (non-hydrogen) atoms. The Bertz CT molecular complexity index is 1490. The Kier molecular flexibility index (Phi) is 13.4. The largest absolute Gasteiger partial charge is 1.00 e. The molecule has 1 aliphatic heterocycles. The van der Waals surface area contributed by atoms with Gasteiger partial charge in [0.2, 0.25) is 0 Å². The molecule has 1 fully saturated rings. The zero-order valence-corrected chi connectivity index (χ0v) is 28.6. The Morgan fingerprint density at radius 3 is 2.24 bits per heavy atom. The number of nitrogens with zero attached hydrogens (tertiary/aromatic N) is 1. The Morgan fingerprint density at radius 2 is 1.63 bits per heavy atom. The molecule has 0 saturated carbocycles. The molecule has 10 heteroatoms. The molecule has 1 aliphatic rings. The molecule has 240 valence electrons. The van der Waals surface area contributed by atoms with Gasteiger partial charge in [-0.25, -0.2) is 9.59 Å². The van der Waals surface area contributed by atoms with E-state index in [1.165, 1.54) is 11.8 Å². The fourth-order valence-corrected chi connectivity index (χ4v) is 6.03. The zero-order valence-electron chi connectivity index (χ0n) is 27.8. The number of carboxylic acids is 1. The maximum Gasteiger partial charge on any atom is 1.00 e. The van der Waals surface area contributed by atoms with Gasteiger partial charge in [-0.2, -0.15) is 11.8 Å². The molecule has 1 heterocycles. The third-order valence-electron chi connectivity index (χ3n) is 8.02. The van der Waals surface area contributed by atoms with E-state index in [-0.39, 0.29) is 31.6 Å². The van der Waals surface area contributed by atoms with Gasteiger partial charge in [0, 0.05) is 18.7 Å². The number of likely N-dealkylation sites (tertiary alicyclic amines) is 1. The molecule has 0 aliphatic carbocycles. The number of rotatable bonds is 11. The number of thioether (sulfide) groups is 1. The van der Waals surface area contributed by atoms with Gasteiger partial charge in [-0.3, -0.25) is 4.79 Å². The fourth-order valence-electron chi connectivity index (χ4n) is 5.56. The first-order valence-electron chi connectivity index (χ1n) is 15.3. The van der Waals surface area contributed by atoms with Crippen molar-refractivity contribution in [2.75, 3.05) is 25.1 Å². The van der Waals surface area contributed by atoms with Gasteiger partial charge in [0.25, 0.3) is 5.91 Å². The van der Waals surface area contributed by atoms with Crippen molar-refractivity contribution >= 4 is 29.7 Å². The molecule has 8 nitrogen and oxygen atoms in total. The minimum Gasteiger partial charge on any atom is -0.480 e. The van der Waals surface area contributed by atoms with Crippen LogP contribution >= 0.6 is 11.8 Å². The molecule has 4 rings (SSSR count). The number of aryl methyl sites for hydroxylation is 1. The number of aliphatic carboxylic acids is 1. The third-order valence-corrected chi connectivity index (χ3v) is 8.66. The zero-order chi connectivity index (χ0) is 32.6. The molecule has 2 N–H and O–H groups in total. The first-order valence-corrected chi connectivity index (χ1v) is 16.7. The molecule has 1 atom stereocenters. The molecular formula is C36H44LiN2O6S+. The van der Waals surface area contributed by atoms with Crippen LogP contribution in [0.1, 0.15) is 67.1 Å². The van der Waals surface area contributed by atoms with Crippen molar-refractivity contribution in [1.82, 2.24) is 10.2 Å². The van der Waals surface area contributed by atoms with Gasteiger partial charge in [0.15, 0.2) is 0 Å². The summed E-state index contributed by atoms with van der Waals surface area (Å²) in [5.74, 6) is -0.857. The second-order valence-corrected chi connectivity index (χ2v) is 13.4. The average Bonchev–Trinajstić information content (AvgIpc) is 3.01. The normalized spacial score (nSPS) is 14.9. The summed E-state index contributed by atoms with van der Waals surface area (Å²) >= 11 is 1.54. The van der Waals surface area contributed by atoms with Gasteiger partial charge in [-0.15, -0.1) is 0 Å². The molecule has 0 aromatic heterocycles. The molecule has 0 radical (unpaired) electrons. The molecule has 3 aromatic rings. The Morgan fingerprint density at radius 1 is 0.978 bits per heavy atom. The second-order valence-electron chi connectivity index (χ2n) is 12.5. The number of carbonyl (C=O) groups excluding carboxylic acids is 2. The molecule has 1 unspecified atom stereocenters. The van der Waals surface area contributed by atoms with Crippen LogP contribution in [0, 0.1) is 6.92 Å². The fraction of sp³-hybridized carbons (Fsp3) is 0.417. The number of hydrogen-bond donors (Lipinski definition) is 2. The standard InChI is InChI=1S/C36H44N2O6S.Li/c1-25-11-9-10-14-28(25)30-23-26(15-16-29(30)32(39)37-31(33(40)41)17-22-45-5)24-43-36(27-12-7-6-8-13-27)18-20-38(21-19-36)34(42)44-35(2,3)4;/h6-16,23,31H,17-22,24H2,1-5H3,(H,37,39)(H,40,41);/q;+1. The summed E-state index contributed by atoms with van der Waals surface area (Å²) in [5.41, 5.74) is 3.77. The molecule has 2 amide bonds. The number of amides is 2. The van der Waals surface area contributed by atoms with E-state index in [1.807, 2.05) is 88.5 Å². The van der Waals surface area contributed by atoms with Crippen LogP contribution in [0.2, 0.25) is 0 Å². The molecule has 0 spiro atoms. The summed E-state index contributed by atoms with van der Waals surface area (Å²) in [5, 5.41) is 12.4. The van der Waals surface area contributed by atoms with Crippen molar-refractivity contribution in [2.24, 2.45) is 0 Å². The topological polar surface area (TPSA) is 105 Å². The summed E-state index contributed by atoms with van der Waals surface area (Å²) in [6, 6.07) is 22.5. The van der Waals surface area contributed by atoms with Gasteiger partial charge < -0.3 is 24.8 Å². The summed E-state index contributed by atoms with van der Waals surface area (Å²) in [7, 11) is 0. The second kappa shape index (κ2) is 16.6. The van der Waals surface area contributed by atoms with E-state index in [9.17, 15) is 19.5 Å². The number of carbonyl (C=O) groups is 3. The van der Waals surface area contributed by atoms with Gasteiger partial charge >= 0.3 is 30.9 Å². The Balaban J connectivity index is 0.00000576. The van der Waals surface area contributed by atoms with Crippen molar-refractivity contribution in [3.8, 4) is 11.1 Å². The minimum absolute atomic E-state index is 0. The Hall–Kier alpha value is -3.22. The maximum atomic E-state index is 13.5. The van der Waals surface area contributed by atoms with Crippen molar-refractivity contribution in [3.05, 3.63) is 95.1 Å². The number of nitrogens with one attached hydrogen (secondary N) is 1. The van der Waals surface area contributed by atoms with Crippen LogP contribution in [-0.4, -0.2) is 64.7 Å². The van der Waals surface area contributed by atoms with Gasteiger partial charge in [0.1, 0.15) is 11.6 Å². The Labute approximate surface area is 288 Å². The first-order chi connectivity index (χ1) is 21.4. The van der Waals surface area contributed by atoms with Crippen LogP contribution in [0.15, 0.2) is 72.8 Å². The summed E-state index contributed by atoms with van der Waals surface area (Å²) in [4.78, 5) is 39.9. The van der Waals surface area contributed by atoms with E-state index >= 15 is 0 Å². The molecular weight excluding hydrogens is 595 g/mol. The van der Waals surface area contributed by atoms with Crippen LogP contribution in [0.3, 0.4) is 0 Å². The number of carboxylic acid groups (broad SMARTS) is 1. The van der Waals surface area contributed by atoms with Crippen LogP contribution < -0.4 is 24.2 Å². The average molecular weight is 640 g/mol. The van der Waals surface area contributed by atoms with Gasteiger partial charge in [0.05, 0.1) is 12.2 Å². The number of piperidine rings is 1. The van der Waals surface area contributed by atoms with Crippen molar-refractivity contribution in [2.45, 2.75) is 70.8 Å². The van der Waals surface area contributed by atoms with Crippen molar-refractivity contribution in [3.63, 3.8) is 0 Å². The molecule has 1 saturated heterocycles. The first kappa shape index (κ1) is 37.2. The molecule has 0 bridgehead atoms. The van der Waals surface area contributed by atoms with Crippen LogP contribution in [0.5, 0.6) is 0 Å². The monoisotopic (exact) mass is 639 g/mol. The predicted molar refractivity (Wildman–Crippen MR) is 178 cm³/mol. The summed E-state index contributed by atoms with van der Waals surface area (Å²) in [6.07, 6.45) is 3.13. The van der Waals surface area contributed by atoms with E-state index < -0.39 is 29.1 Å². The SMILES string of the molecule is CSCCC(NC(=O)c1ccc(COC2(c3ccccc3)CCN(C(=O)OC(C)(C)C)CC2)cc1-c1ccccc1C)C(=O)O.[Li+]. The maximum absolute atomic E-state index is 13.5. The van der Waals surface area contributed by atoms with E-state index in [1.54, 1.807) is 11.0 Å². The summed E-state index contributed by atoms with van der Waals surface area (Å²) in [6.45, 7) is 8.86. The number of ether oxygens (including phenoxy) is 2. The van der Waals surface area contributed by atoms with Gasteiger partial charge in [-0.05, 0) is 98.9 Å². The smallest absolute Gasteiger partial charge is 0.480 e. The molecule has 3 aromatic carbocycles. The van der Waals surface area contributed by atoms with Crippen molar-refractivity contribution < 1.29 is 47.8 Å². The summed E-state index contributed by atoms with van der Waals surface area (Å²) < 4.78 is 12.4. The van der Waals surface area contributed by atoms with Crippen LogP contribution in [0.4, 0.5) is 4.79 Å². The van der Waals surface area contributed by atoms with E-state index in [2.05, 4.69) is 17.4 Å². The van der Waals surface area contributed by atoms with E-state index in [4.69, 9.17) is 9.47 Å². The van der Waals surface area contributed by atoms with Crippen LogP contribution in [-0.2, 0) is 26.5 Å². The van der Waals surface area contributed by atoms with Crippen LogP contribution in [0.25, 0.3) is 11.1 Å². The van der Waals surface area contributed by atoms with Gasteiger partial charge in [-0.1, -0.05) is 60.7 Å². The number of benzene rings is 3. The van der Waals surface area contributed by atoms with Crippen molar-refractivity contribution in [1.29, 1.82) is 0 Å². The van der Waals surface area contributed by atoms with E-state index in [0.29, 0.717) is 49.2 Å². The number of hydrogen-bond acceptors (Lipinski definition) is 6. The predicted octanol–water partition coefficient (Wildman–Crippen LogP) is 4.05. The third kappa shape index (κ3) is 9.65. The van der Waals surface area contributed by atoms with E-state index in [0.717, 1.165) is 22.3 Å².